The molecule has 0 radical (unpaired) electrons. The van der Waals surface area contributed by atoms with Gasteiger partial charge in [0.2, 0.25) is 0 Å². The molecule has 29 heavy (non-hydrogen) atoms. The number of amides is 3. The number of rotatable bonds is 8. The van der Waals surface area contributed by atoms with E-state index >= 15 is 0 Å². The average molecular weight is 425 g/mol. The highest BCUT2D eigenvalue weighted by Gasteiger charge is 2.21. The number of halogens is 2. The van der Waals surface area contributed by atoms with E-state index < -0.39 is 41.4 Å². The topological polar surface area (TPSA) is 128 Å². The maximum Gasteiger partial charge on any atom is 0.308 e. The maximum atomic E-state index is 13.5. The molecule has 0 fully saturated rings. The molecule has 4 N–H and O–H groups in total. The van der Waals surface area contributed by atoms with Gasteiger partial charge < -0.3 is 21.1 Å². The van der Waals surface area contributed by atoms with Crippen LogP contribution in [0.3, 0.4) is 0 Å². The molecule has 0 aliphatic rings. The smallest absolute Gasteiger partial charge is 0.308 e. The number of ether oxygens (including phenoxy) is 1. The van der Waals surface area contributed by atoms with Crippen LogP contribution in [0.1, 0.15) is 34.1 Å². The standard InChI is InChI=1S/C18H17F2N3O5S/c1-9(16(26)23-18-12(15(21)25)5-7-29-18)28-14(24)4-6-22-17(27)11-3-2-10(19)8-13(11)20/h2-3,5,7-9H,4,6H2,1H3,(H2,21,25)(H,22,27)(H,23,26). The second-order valence-electron chi connectivity index (χ2n) is 5.78. The van der Waals surface area contributed by atoms with Crippen molar-refractivity contribution < 1.29 is 32.7 Å². The Labute approximate surface area is 168 Å². The Balaban J connectivity index is 1.79. The predicted molar refractivity (Wildman–Crippen MR) is 100 cm³/mol. The van der Waals surface area contributed by atoms with Crippen LogP contribution in [-0.4, -0.2) is 36.3 Å². The van der Waals surface area contributed by atoms with Gasteiger partial charge in [-0.1, -0.05) is 0 Å². The van der Waals surface area contributed by atoms with Gasteiger partial charge in [-0.05, 0) is 30.5 Å². The summed E-state index contributed by atoms with van der Waals surface area (Å²) in [4.78, 5) is 47.0. The highest BCUT2D eigenvalue weighted by atomic mass is 32.1. The molecule has 0 bridgehead atoms. The Morgan fingerprint density at radius 2 is 1.90 bits per heavy atom. The normalized spacial score (nSPS) is 11.4. The Morgan fingerprint density at radius 3 is 2.55 bits per heavy atom. The van der Waals surface area contributed by atoms with Gasteiger partial charge in [0.15, 0.2) is 6.10 Å². The number of esters is 1. The first kappa shape index (κ1) is 22.0. The van der Waals surface area contributed by atoms with E-state index in [0.717, 1.165) is 23.5 Å². The number of anilines is 1. The van der Waals surface area contributed by atoms with Crippen LogP contribution in [0.4, 0.5) is 13.8 Å². The summed E-state index contributed by atoms with van der Waals surface area (Å²) in [6.07, 6.45) is -1.45. The summed E-state index contributed by atoms with van der Waals surface area (Å²) >= 11 is 1.08. The minimum Gasteiger partial charge on any atom is -0.452 e. The third kappa shape index (κ3) is 6.07. The molecular weight excluding hydrogens is 408 g/mol. The molecule has 2 aromatic rings. The molecule has 3 amide bonds. The summed E-state index contributed by atoms with van der Waals surface area (Å²) in [6.45, 7) is 1.15. The van der Waals surface area contributed by atoms with E-state index in [0.29, 0.717) is 6.07 Å². The number of hydrogen-bond donors (Lipinski definition) is 3. The van der Waals surface area contributed by atoms with Crippen LogP contribution < -0.4 is 16.4 Å². The van der Waals surface area contributed by atoms with Gasteiger partial charge in [-0.2, -0.15) is 0 Å². The van der Waals surface area contributed by atoms with E-state index in [1.54, 1.807) is 5.38 Å². The predicted octanol–water partition coefficient (Wildman–Crippen LogP) is 1.82. The third-order valence-corrected chi connectivity index (χ3v) is 4.47. The van der Waals surface area contributed by atoms with Gasteiger partial charge in [0.25, 0.3) is 17.7 Å². The van der Waals surface area contributed by atoms with E-state index in [1.165, 1.54) is 13.0 Å². The third-order valence-electron chi connectivity index (χ3n) is 3.64. The largest absolute Gasteiger partial charge is 0.452 e. The summed E-state index contributed by atoms with van der Waals surface area (Å²) in [7, 11) is 0. The van der Waals surface area contributed by atoms with Crippen molar-refractivity contribution in [2.24, 2.45) is 5.73 Å². The van der Waals surface area contributed by atoms with Crippen LogP contribution in [0.2, 0.25) is 0 Å². The maximum absolute atomic E-state index is 13.5. The van der Waals surface area contributed by atoms with Crippen LogP contribution in [0.25, 0.3) is 0 Å². The molecule has 11 heteroatoms. The number of primary amides is 1. The molecule has 0 aliphatic heterocycles. The molecule has 1 atom stereocenters. The number of thiophene rings is 1. The molecular formula is C18H17F2N3O5S. The fraction of sp³-hybridized carbons (Fsp3) is 0.222. The number of carbonyl (C=O) groups is 4. The lowest BCUT2D eigenvalue weighted by Gasteiger charge is -2.13. The zero-order valence-electron chi connectivity index (χ0n) is 15.2. The van der Waals surface area contributed by atoms with E-state index in [1.807, 2.05) is 0 Å². The van der Waals surface area contributed by atoms with E-state index in [4.69, 9.17) is 10.5 Å². The second kappa shape index (κ2) is 9.73. The fourth-order valence-electron chi connectivity index (χ4n) is 2.17. The Kier molecular flexibility index (Phi) is 7.37. The van der Waals surface area contributed by atoms with Gasteiger partial charge in [0.1, 0.15) is 16.6 Å². The summed E-state index contributed by atoms with van der Waals surface area (Å²) in [5.41, 5.74) is 4.95. The van der Waals surface area contributed by atoms with Gasteiger partial charge in [0, 0.05) is 12.6 Å². The highest BCUT2D eigenvalue weighted by Crippen LogP contribution is 2.23. The Morgan fingerprint density at radius 1 is 1.17 bits per heavy atom. The van der Waals surface area contributed by atoms with Crippen molar-refractivity contribution in [1.82, 2.24) is 5.32 Å². The molecule has 2 rings (SSSR count). The van der Waals surface area contributed by atoms with Crippen molar-refractivity contribution in [3.63, 3.8) is 0 Å². The van der Waals surface area contributed by atoms with Gasteiger partial charge in [-0.25, -0.2) is 8.78 Å². The zero-order chi connectivity index (χ0) is 21.6. The van der Waals surface area contributed by atoms with E-state index in [9.17, 15) is 28.0 Å². The summed E-state index contributed by atoms with van der Waals surface area (Å²) < 4.78 is 31.3. The molecule has 154 valence electrons. The molecule has 1 unspecified atom stereocenters. The van der Waals surface area contributed by atoms with Crippen LogP contribution in [0.15, 0.2) is 29.6 Å². The number of carbonyl (C=O) groups excluding carboxylic acids is 4. The average Bonchev–Trinajstić information content (AvgIpc) is 3.09. The summed E-state index contributed by atoms with van der Waals surface area (Å²) in [5.74, 6) is -4.83. The first-order valence-corrected chi connectivity index (χ1v) is 9.18. The van der Waals surface area contributed by atoms with E-state index in [2.05, 4.69) is 10.6 Å². The van der Waals surface area contributed by atoms with Gasteiger partial charge in [-0.3, -0.25) is 19.2 Å². The lowest BCUT2D eigenvalue weighted by atomic mass is 10.2. The monoisotopic (exact) mass is 425 g/mol. The molecule has 1 aromatic carbocycles. The fourth-order valence-corrected chi connectivity index (χ4v) is 2.97. The van der Waals surface area contributed by atoms with Crippen LogP contribution in [0, 0.1) is 11.6 Å². The van der Waals surface area contributed by atoms with Gasteiger partial charge in [-0.15, -0.1) is 11.3 Å². The lowest BCUT2D eigenvalue weighted by molar-refractivity contribution is -0.153. The summed E-state index contributed by atoms with van der Waals surface area (Å²) in [6, 6.07) is 3.94. The number of hydrogen-bond acceptors (Lipinski definition) is 6. The highest BCUT2D eigenvalue weighted by molar-refractivity contribution is 7.14. The van der Waals surface area contributed by atoms with Crippen molar-refractivity contribution in [2.45, 2.75) is 19.4 Å². The van der Waals surface area contributed by atoms with Crippen molar-refractivity contribution in [1.29, 1.82) is 0 Å². The van der Waals surface area contributed by atoms with Crippen molar-refractivity contribution in [3.8, 4) is 0 Å². The first-order chi connectivity index (χ1) is 13.7. The molecule has 8 nitrogen and oxygen atoms in total. The Hall–Kier alpha value is -3.34. The number of nitrogens with two attached hydrogens (primary N) is 1. The van der Waals surface area contributed by atoms with Gasteiger partial charge >= 0.3 is 5.97 Å². The number of benzene rings is 1. The van der Waals surface area contributed by atoms with Crippen molar-refractivity contribution in [2.75, 3.05) is 11.9 Å². The quantitative estimate of drug-likeness (QED) is 0.556. The van der Waals surface area contributed by atoms with E-state index in [-0.39, 0.29) is 29.1 Å². The second-order valence-corrected chi connectivity index (χ2v) is 6.70. The van der Waals surface area contributed by atoms with Crippen LogP contribution >= 0.6 is 11.3 Å². The molecule has 0 spiro atoms. The minimum atomic E-state index is -1.17. The number of nitrogens with one attached hydrogen (secondary N) is 2. The summed E-state index contributed by atoms with van der Waals surface area (Å²) in [5, 5.41) is 6.54. The Bertz CT molecular complexity index is 947. The van der Waals surface area contributed by atoms with Crippen molar-refractivity contribution in [3.05, 3.63) is 52.4 Å². The minimum absolute atomic E-state index is 0.137. The SMILES string of the molecule is CC(OC(=O)CCNC(=O)c1ccc(F)cc1F)C(=O)Nc1sccc1C(N)=O. The van der Waals surface area contributed by atoms with Crippen molar-refractivity contribution >= 4 is 40.0 Å². The van der Waals surface area contributed by atoms with Crippen LogP contribution in [-0.2, 0) is 14.3 Å². The first-order valence-electron chi connectivity index (χ1n) is 8.30. The van der Waals surface area contributed by atoms with Crippen LogP contribution in [0.5, 0.6) is 0 Å². The molecule has 0 aliphatic carbocycles. The van der Waals surface area contributed by atoms with Gasteiger partial charge in [0.05, 0.1) is 17.5 Å². The lowest BCUT2D eigenvalue weighted by Crippen LogP contribution is -2.32. The zero-order valence-corrected chi connectivity index (χ0v) is 16.0. The molecule has 1 heterocycles. The molecule has 0 saturated heterocycles. The molecule has 0 saturated carbocycles. The molecule has 1 aromatic heterocycles.